The van der Waals surface area contributed by atoms with Gasteiger partial charge < -0.3 is 0 Å². The van der Waals surface area contributed by atoms with Gasteiger partial charge in [0.2, 0.25) is 0 Å². The van der Waals surface area contributed by atoms with Crippen LogP contribution in [0.5, 0.6) is 0 Å². The van der Waals surface area contributed by atoms with Crippen molar-refractivity contribution in [3.05, 3.63) is 0 Å². The summed E-state index contributed by atoms with van der Waals surface area (Å²) in [5, 5.41) is 0. The summed E-state index contributed by atoms with van der Waals surface area (Å²) >= 11 is 0. The smallest absolute Gasteiger partial charge is 0.0360 e. The normalized spacial score (nSPS) is 37.4. The predicted octanol–water partition coefficient (Wildman–Crippen LogP) is 4.25. The van der Waals surface area contributed by atoms with Gasteiger partial charge in [-0.15, -0.1) is 0 Å². The third kappa shape index (κ3) is 2.48. The Balaban J connectivity index is 1.70. The molecule has 13 heavy (non-hydrogen) atoms. The highest BCUT2D eigenvalue weighted by Crippen LogP contribution is 2.46. The van der Waals surface area contributed by atoms with Crippen LogP contribution in [0, 0.1) is 23.7 Å². The summed E-state index contributed by atoms with van der Waals surface area (Å²) in [5.74, 6) is 4.27. The molecule has 0 N–H and O–H groups in total. The molecule has 2 saturated carbocycles. The summed E-state index contributed by atoms with van der Waals surface area (Å²) in [4.78, 5) is 0. The summed E-state index contributed by atoms with van der Waals surface area (Å²) in [7, 11) is 0. The Bertz CT molecular complexity index is 155. The van der Waals surface area contributed by atoms with Crippen LogP contribution in [-0.4, -0.2) is 0 Å². The highest BCUT2D eigenvalue weighted by Gasteiger charge is 2.37. The van der Waals surface area contributed by atoms with E-state index in [2.05, 4.69) is 13.8 Å². The zero-order chi connectivity index (χ0) is 9.26. The maximum Gasteiger partial charge on any atom is -0.0360 e. The first kappa shape index (κ1) is 9.55. The lowest BCUT2D eigenvalue weighted by atomic mass is 9.82. The molecule has 0 aromatic heterocycles. The van der Waals surface area contributed by atoms with Gasteiger partial charge in [0.1, 0.15) is 0 Å². The van der Waals surface area contributed by atoms with Gasteiger partial charge in [-0.2, -0.15) is 0 Å². The zero-order valence-corrected chi connectivity index (χ0v) is 9.26. The Labute approximate surface area is 83.1 Å². The minimum atomic E-state index is 1.03. The molecule has 0 aliphatic heterocycles. The summed E-state index contributed by atoms with van der Waals surface area (Å²) in [6.07, 6.45) is 10.7. The molecule has 2 rings (SSSR count). The van der Waals surface area contributed by atoms with Gasteiger partial charge in [0, 0.05) is 0 Å². The average molecular weight is 180 g/mol. The molecule has 0 amide bonds. The maximum absolute atomic E-state index is 2.49. The van der Waals surface area contributed by atoms with Crippen molar-refractivity contribution in [2.45, 2.75) is 58.8 Å². The van der Waals surface area contributed by atoms with Crippen molar-refractivity contribution in [2.75, 3.05) is 0 Å². The van der Waals surface area contributed by atoms with Crippen LogP contribution >= 0.6 is 0 Å². The third-order valence-electron chi connectivity index (χ3n) is 4.33. The van der Waals surface area contributed by atoms with Gasteiger partial charge in [-0.1, -0.05) is 46.0 Å². The molecule has 76 valence electrons. The van der Waals surface area contributed by atoms with Crippen molar-refractivity contribution in [3.63, 3.8) is 0 Å². The van der Waals surface area contributed by atoms with Gasteiger partial charge >= 0.3 is 0 Å². The molecular weight excluding hydrogens is 156 g/mol. The maximum atomic E-state index is 2.49. The standard InChI is InChI=1S/C13H24/c1-10(13-9-11(13)2)8-12-6-4-3-5-7-12/h10-13H,3-9H2,1-2H3. The Morgan fingerprint density at radius 2 is 1.77 bits per heavy atom. The minimum absolute atomic E-state index is 1.03. The SMILES string of the molecule is CC(CC1CCCCC1)C1CC1C. The van der Waals surface area contributed by atoms with Crippen molar-refractivity contribution in [1.29, 1.82) is 0 Å². The monoisotopic (exact) mass is 180 g/mol. The van der Waals surface area contributed by atoms with Gasteiger partial charge in [0.25, 0.3) is 0 Å². The second kappa shape index (κ2) is 4.02. The van der Waals surface area contributed by atoms with Crippen LogP contribution in [0.2, 0.25) is 0 Å². The van der Waals surface area contributed by atoms with E-state index in [1.165, 1.54) is 44.9 Å². The first-order valence-corrected chi connectivity index (χ1v) is 6.27. The molecule has 0 heteroatoms. The van der Waals surface area contributed by atoms with Crippen LogP contribution in [0.4, 0.5) is 0 Å². The zero-order valence-electron chi connectivity index (χ0n) is 9.26. The fourth-order valence-corrected chi connectivity index (χ4v) is 3.27. The molecule has 0 heterocycles. The molecule has 2 aliphatic carbocycles. The van der Waals surface area contributed by atoms with E-state index in [0.717, 1.165) is 23.7 Å². The summed E-state index contributed by atoms with van der Waals surface area (Å²) in [6, 6.07) is 0. The highest BCUT2D eigenvalue weighted by atomic mass is 14.4. The first-order chi connectivity index (χ1) is 6.27. The van der Waals surface area contributed by atoms with Crippen LogP contribution in [-0.2, 0) is 0 Å². The van der Waals surface area contributed by atoms with Gasteiger partial charge in [0.05, 0.1) is 0 Å². The second-order valence-electron chi connectivity index (χ2n) is 5.59. The lowest BCUT2D eigenvalue weighted by molar-refractivity contribution is 0.278. The molecule has 2 aliphatic rings. The number of hydrogen-bond acceptors (Lipinski definition) is 0. The van der Waals surface area contributed by atoms with E-state index >= 15 is 0 Å². The van der Waals surface area contributed by atoms with Crippen molar-refractivity contribution in [1.82, 2.24) is 0 Å². The molecule has 0 aromatic rings. The van der Waals surface area contributed by atoms with Gasteiger partial charge in [0.15, 0.2) is 0 Å². The average Bonchev–Trinajstić information content (AvgIpc) is 2.84. The van der Waals surface area contributed by atoms with Crippen LogP contribution in [0.15, 0.2) is 0 Å². The van der Waals surface area contributed by atoms with E-state index in [0.29, 0.717) is 0 Å². The Hall–Kier alpha value is 0. The molecule has 3 unspecified atom stereocenters. The quantitative estimate of drug-likeness (QED) is 0.609. The van der Waals surface area contributed by atoms with E-state index in [4.69, 9.17) is 0 Å². The fourth-order valence-electron chi connectivity index (χ4n) is 3.27. The lowest BCUT2D eigenvalue weighted by Crippen LogP contribution is -2.12. The topological polar surface area (TPSA) is 0 Å². The van der Waals surface area contributed by atoms with E-state index in [9.17, 15) is 0 Å². The second-order valence-corrected chi connectivity index (χ2v) is 5.59. The van der Waals surface area contributed by atoms with E-state index in [1.807, 2.05) is 0 Å². The highest BCUT2D eigenvalue weighted by molar-refractivity contribution is 4.87. The summed E-state index contributed by atoms with van der Waals surface area (Å²) in [6.45, 7) is 4.91. The Morgan fingerprint density at radius 1 is 1.15 bits per heavy atom. The van der Waals surface area contributed by atoms with Crippen molar-refractivity contribution >= 4 is 0 Å². The van der Waals surface area contributed by atoms with E-state index < -0.39 is 0 Å². The number of rotatable bonds is 3. The Morgan fingerprint density at radius 3 is 2.31 bits per heavy atom. The third-order valence-corrected chi connectivity index (χ3v) is 4.33. The molecule has 0 nitrogen and oxygen atoms in total. The molecule has 0 spiro atoms. The minimum Gasteiger partial charge on any atom is -0.0622 e. The first-order valence-electron chi connectivity index (χ1n) is 6.27. The number of hydrogen-bond donors (Lipinski definition) is 0. The largest absolute Gasteiger partial charge is 0.0622 e. The molecular formula is C13H24. The summed E-state index contributed by atoms with van der Waals surface area (Å²) in [5.41, 5.74) is 0. The molecule has 0 bridgehead atoms. The van der Waals surface area contributed by atoms with Crippen molar-refractivity contribution in [2.24, 2.45) is 23.7 Å². The van der Waals surface area contributed by atoms with Crippen LogP contribution in [0.3, 0.4) is 0 Å². The van der Waals surface area contributed by atoms with Crippen LogP contribution in [0.25, 0.3) is 0 Å². The molecule has 0 aromatic carbocycles. The van der Waals surface area contributed by atoms with Crippen molar-refractivity contribution < 1.29 is 0 Å². The fraction of sp³-hybridized carbons (Fsp3) is 1.00. The molecule has 0 radical (unpaired) electrons. The molecule has 0 saturated heterocycles. The van der Waals surface area contributed by atoms with Gasteiger partial charge in [-0.25, -0.2) is 0 Å². The van der Waals surface area contributed by atoms with Crippen LogP contribution < -0.4 is 0 Å². The lowest BCUT2D eigenvalue weighted by Gasteiger charge is -2.24. The predicted molar refractivity (Wildman–Crippen MR) is 57.6 cm³/mol. The molecule has 3 atom stereocenters. The van der Waals surface area contributed by atoms with Crippen molar-refractivity contribution in [3.8, 4) is 0 Å². The van der Waals surface area contributed by atoms with E-state index in [-0.39, 0.29) is 0 Å². The van der Waals surface area contributed by atoms with Crippen LogP contribution in [0.1, 0.15) is 58.8 Å². The van der Waals surface area contributed by atoms with Gasteiger partial charge in [-0.3, -0.25) is 0 Å². The van der Waals surface area contributed by atoms with Gasteiger partial charge in [-0.05, 0) is 36.5 Å². The summed E-state index contributed by atoms with van der Waals surface area (Å²) < 4.78 is 0. The molecule has 2 fully saturated rings. The van der Waals surface area contributed by atoms with E-state index in [1.54, 1.807) is 0 Å². The Kier molecular flexibility index (Phi) is 2.96.